The molecule has 2 aromatic carbocycles. The Morgan fingerprint density at radius 3 is 2.46 bits per heavy atom. The molecule has 0 aliphatic heterocycles. The van der Waals surface area contributed by atoms with E-state index in [1.165, 1.54) is 22.4 Å². The van der Waals surface area contributed by atoms with Gasteiger partial charge in [0.25, 0.3) is 0 Å². The molecule has 0 atom stereocenters. The molecule has 2 nitrogen and oxygen atoms in total. The third kappa shape index (κ3) is 3.82. The highest BCUT2D eigenvalue weighted by Crippen LogP contribution is 2.28. The monoisotopic (exact) mass is 422 g/mol. The number of hydrogen-bond donors (Lipinski definition) is 1. The molecule has 0 amide bonds. The smallest absolute Gasteiger partial charge is 0.339 e. The zero-order valence-corrected chi connectivity index (χ0v) is 17.1. The number of hydrogen-bond acceptors (Lipinski definition) is 2. The predicted octanol–water partition coefficient (Wildman–Crippen LogP) is 2.74. The van der Waals surface area contributed by atoms with Crippen molar-refractivity contribution in [2.24, 2.45) is 0 Å². The number of benzene rings is 2. The number of aromatic nitrogens is 1. The van der Waals surface area contributed by atoms with Gasteiger partial charge in [-0.2, -0.15) is 0 Å². The average molecular weight is 424 g/mol. The summed E-state index contributed by atoms with van der Waals surface area (Å²) in [6.45, 7) is 7.37. The fourth-order valence-corrected chi connectivity index (χ4v) is 3.74. The second-order valence-electron chi connectivity index (χ2n) is 5.55. The second-order valence-corrected chi connectivity index (χ2v) is 6.84. The van der Waals surface area contributed by atoms with E-state index in [-0.39, 0.29) is 17.0 Å². The zero-order valence-electron chi connectivity index (χ0n) is 13.9. The van der Waals surface area contributed by atoms with Crippen molar-refractivity contribution >= 4 is 33.8 Å². The van der Waals surface area contributed by atoms with Crippen LogP contribution in [0.2, 0.25) is 5.02 Å². The van der Waals surface area contributed by atoms with Crippen LogP contribution in [0.15, 0.2) is 47.8 Å². The molecule has 0 aliphatic rings. The highest BCUT2D eigenvalue weighted by atomic mass is 79.9. The highest BCUT2D eigenvalue weighted by molar-refractivity contribution is 7.13. The molecule has 24 heavy (non-hydrogen) atoms. The van der Waals surface area contributed by atoms with Crippen molar-refractivity contribution < 1.29 is 21.5 Å². The van der Waals surface area contributed by atoms with E-state index in [9.17, 15) is 0 Å². The topological polar surface area (TPSA) is 15.9 Å². The van der Waals surface area contributed by atoms with E-state index < -0.39 is 0 Å². The predicted molar refractivity (Wildman–Crippen MR) is 99.8 cm³/mol. The van der Waals surface area contributed by atoms with Gasteiger partial charge in [0.2, 0.25) is 0 Å². The van der Waals surface area contributed by atoms with E-state index in [1.807, 2.05) is 12.1 Å². The Morgan fingerprint density at radius 1 is 1.08 bits per heavy atom. The molecule has 0 spiro atoms. The van der Waals surface area contributed by atoms with Crippen molar-refractivity contribution in [3.63, 3.8) is 0 Å². The van der Waals surface area contributed by atoms with Gasteiger partial charge in [-0.1, -0.05) is 35.1 Å². The van der Waals surface area contributed by atoms with Crippen LogP contribution in [0.25, 0.3) is 11.3 Å². The largest absolute Gasteiger partial charge is 1.00 e. The lowest BCUT2D eigenvalue weighted by molar-refractivity contribution is -0.664. The van der Waals surface area contributed by atoms with Crippen LogP contribution in [-0.4, -0.2) is 0 Å². The number of rotatable bonds is 4. The third-order valence-corrected chi connectivity index (χ3v) is 5.26. The van der Waals surface area contributed by atoms with E-state index in [0.717, 1.165) is 22.4 Å². The minimum Gasteiger partial charge on any atom is -1.00 e. The van der Waals surface area contributed by atoms with Crippen molar-refractivity contribution in [2.75, 3.05) is 5.32 Å². The molecule has 1 heterocycles. The first-order valence-corrected chi connectivity index (χ1v) is 8.96. The minimum atomic E-state index is 0. The van der Waals surface area contributed by atoms with Gasteiger partial charge in [0, 0.05) is 16.0 Å². The number of halogens is 2. The van der Waals surface area contributed by atoms with Crippen LogP contribution in [0, 0.1) is 13.8 Å². The van der Waals surface area contributed by atoms with Crippen molar-refractivity contribution in [1.82, 2.24) is 0 Å². The number of thiazole rings is 1. The summed E-state index contributed by atoms with van der Waals surface area (Å²) in [7, 11) is 0. The fraction of sp³-hybridized carbons (Fsp3) is 0.211. The summed E-state index contributed by atoms with van der Waals surface area (Å²) in [4.78, 5) is 0. The van der Waals surface area contributed by atoms with Crippen LogP contribution in [0.4, 0.5) is 10.8 Å². The standard InChI is InChI=1S/C19H19ClN2S.BrH/c1-4-22-18(15-8-10-16(20)11-9-15)12-23-19(22)21-17-7-5-6-13(2)14(17)3;/h5-12H,4H2,1-3H3;1H. The van der Waals surface area contributed by atoms with Crippen LogP contribution < -0.4 is 26.9 Å². The summed E-state index contributed by atoms with van der Waals surface area (Å²) in [6, 6.07) is 14.4. The Balaban J connectivity index is 0.00000208. The van der Waals surface area contributed by atoms with Crippen molar-refractivity contribution in [1.29, 1.82) is 0 Å². The number of aryl methyl sites for hydroxylation is 1. The molecule has 126 valence electrons. The molecule has 3 aromatic rings. The van der Waals surface area contributed by atoms with Gasteiger partial charge in [-0.15, -0.1) is 0 Å². The first kappa shape index (κ1) is 19.0. The van der Waals surface area contributed by atoms with E-state index in [0.29, 0.717) is 0 Å². The summed E-state index contributed by atoms with van der Waals surface area (Å²) in [5, 5.41) is 7.69. The Kier molecular flexibility index (Phi) is 6.44. The number of anilines is 2. The van der Waals surface area contributed by atoms with Gasteiger partial charge < -0.3 is 17.0 Å². The van der Waals surface area contributed by atoms with Gasteiger partial charge in [0.15, 0.2) is 0 Å². The maximum absolute atomic E-state index is 6.00. The molecule has 0 radical (unpaired) electrons. The first-order chi connectivity index (χ1) is 11.1. The molecule has 3 rings (SSSR count). The Hall–Kier alpha value is -1.36. The molecular weight excluding hydrogens is 404 g/mol. The van der Waals surface area contributed by atoms with Gasteiger partial charge in [0.1, 0.15) is 11.4 Å². The van der Waals surface area contributed by atoms with Crippen LogP contribution >= 0.6 is 22.9 Å². The van der Waals surface area contributed by atoms with Crippen molar-refractivity contribution in [3.8, 4) is 11.3 Å². The molecule has 0 bridgehead atoms. The molecule has 0 saturated heterocycles. The fourth-order valence-electron chi connectivity index (χ4n) is 2.61. The van der Waals surface area contributed by atoms with Crippen molar-refractivity contribution in [2.45, 2.75) is 27.3 Å². The molecule has 0 aliphatic carbocycles. The Bertz CT molecular complexity index is 828. The lowest BCUT2D eigenvalue weighted by atomic mass is 10.1. The van der Waals surface area contributed by atoms with Gasteiger partial charge >= 0.3 is 5.13 Å². The molecule has 1 N–H and O–H groups in total. The lowest BCUT2D eigenvalue weighted by Crippen LogP contribution is -3.00. The quantitative estimate of drug-likeness (QED) is 0.638. The van der Waals surface area contributed by atoms with Crippen LogP contribution in [0.5, 0.6) is 0 Å². The molecule has 0 unspecified atom stereocenters. The van der Waals surface area contributed by atoms with Crippen LogP contribution in [0.1, 0.15) is 18.1 Å². The molecular formula is C19H20BrClN2S. The second kappa shape index (κ2) is 8.15. The SMILES string of the molecule is CC[n+]1c(-c2ccc(Cl)cc2)csc1Nc1cccc(C)c1C.[Br-]. The minimum absolute atomic E-state index is 0. The summed E-state index contributed by atoms with van der Waals surface area (Å²) < 4.78 is 2.30. The zero-order chi connectivity index (χ0) is 16.4. The van der Waals surface area contributed by atoms with E-state index in [4.69, 9.17) is 11.6 Å². The third-order valence-electron chi connectivity index (χ3n) is 4.12. The van der Waals surface area contributed by atoms with Gasteiger partial charge in [-0.3, -0.25) is 0 Å². The molecule has 0 saturated carbocycles. The van der Waals surface area contributed by atoms with E-state index in [1.54, 1.807) is 11.3 Å². The molecule has 1 aromatic heterocycles. The summed E-state index contributed by atoms with van der Waals surface area (Å²) >= 11 is 7.73. The summed E-state index contributed by atoms with van der Waals surface area (Å²) in [5.41, 5.74) is 6.14. The number of nitrogens with one attached hydrogen (secondary N) is 1. The lowest BCUT2D eigenvalue weighted by Gasteiger charge is -2.07. The number of nitrogens with zero attached hydrogens (tertiary/aromatic N) is 1. The highest BCUT2D eigenvalue weighted by Gasteiger charge is 2.19. The summed E-state index contributed by atoms with van der Waals surface area (Å²) in [5.74, 6) is 0. The van der Waals surface area contributed by atoms with Crippen LogP contribution in [0.3, 0.4) is 0 Å². The van der Waals surface area contributed by atoms with Gasteiger partial charge in [-0.05, 0) is 62.2 Å². The maximum Gasteiger partial charge on any atom is 0.339 e. The maximum atomic E-state index is 6.00. The van der Waals surface area contributed by atoms with E-state index in [2.05, 4.69) is 66.4 Å². The van der Waals surface area contributed by atoms with Gasteiger partial charge in [0.05, 0.1) is 6.54 Å². The average Bonchev–Trinajstić information content (AvgIpc) is 2.95. The van der Waals surface area contributed by atoms with Gasteiger partial charge in [-0.25, -0.2) is 9.88 Å². The first-order valence-electron chi connectivity index (χ1n) is 7.70. The van der Waals surface area contributed by atoms with Crippen molar-refractivity contribution in [3.05, 3.63) is 64.0 Å². The van der Waals surface area contributed by atoms with Crippen LogP contribution in [-0.2, 0) is 6.54 Å². The molecule has 5 heteroatoms. The van der Waals surface area contributed by atoms with E-state index >= 15 is 0 Å². The Morgan fingerprint density at radius 2 is 1.79 bits per heavy atom. The Labute approximate surface area is 162 Å². The molecule has 0 fully saturated rings. The normalized spacial score (nSPS) is 10.3. The summed E-state index contributed by atoms with van der Waals surface area (Å²) in [6.07, 6.45) is 0.